The fourth-order valence-electron chi connectivity index (χ4n) is 20.4. The third kappa shape index (κ3) is 17.1. The molecule has 4 amide bonds. The lowest BCUT2D eigenvalue weighted by molar-refractivity contribution is 0.0827. The summed E-state index contributed by atoms with van der Waals surface area (Å²) in [6, 6.07) is 42.9. The number of aromatic nitrogens is 8. The zero-order valence-corrected chi connectivity index (χ0v) is 79.6. The van der Waals surface area contributed by atoms with Gasteiger partial charge in [-0.15, -0.1) is 0 Å². The molecule has 28 nitrogen and oxygen atoms in total. The number of aryl methyl sites for hydroxylation is 5. The lowest BCUT2D eigenvalue weighted by atomic mass is 9.96. The van der Waals surface area contributed by atoms with Crippen molar-refractivity contribution in [3.63, 3.8) is 0 Å². The molecule has 10 aliphatic heterocycles. The standard InChI is InChI=1S/C26H26BrN5O2.C26H26ClN5O2.C25H33ClN6O.C23H30N6O/c2*1-3-30-25(33)22-24(32-15-20(29-26(30)32)12-17-7-5-4-6-8-17)28-16(2)31(22)14-18-11-19-9-10-34-23(19)21(27)13-18;1-4-18-15-32-22-21(23(33)30(5-2)25(32)28-18)31(14-17-12-11-16(3)20(26)13-17)24(29-22)27-19-9-7-6-8-10-19;1-4-27-21(30)19-20(28-12-11-24-23(27)28)26-22(25-18-7-5-6-8-18)29(19)14-17-10-9-15(2)16(3)13-17/h2*4-8,11,13,20H,3,9-10,12,14-15H2,1-2H3;11-13,18-19H,4-10,14-15H2,1-3H3,(H,27,29);9-10,13,18H,4-8,11-12,14H2,1-3H3,(H,25,26)/t2*20-;18-;/m111./s1. The van der Waals surface area contributed by atoms with E-state index in [1.807, 2.05) is 100 Å². The molecule has 2 saturated carbocycles. The molecule has 2 N–H and O–H groups in total. The van der Waals surface area contributed by atoms with Gasteiger partial charge in [0.05, 0.1) is 80.1 Å². The molecule has 4 aromatic heterocycles. The second-order valence-electron chi connectivity index (χ2n) is 36.1. The van der Waals surface area contributed by atoms with Gasteiger partial charge in [-0.3, -0.25) is 72.5 Å². The zero-order valence-electron chi connectivity index (χ0n) is 76.5. The zero-order chi connectivity index (χ0) is 90.7. The number of anilines is 6. The van der Waals surface area contributed by atoms with Crippen molar-refractivity contribution in [1.82, 2.24) is 57.8 Å². The first-order chi connectivity index (χ1) is 63.6. The number of fused-ring (bicyclic) bond motifs is 14. The Bertz CT molecular complexity index is 6020. The van der Waals surface area contributed by atoms with Crippen molar-refractivity contribution in [2.45, 2.75) is 216 Å². The number of hydrogen-bond donors (Lipinski definition) is 2. The van der Waals surface area contributed by atoms with E-state index in [0.717, 1.165) is 185 Å². The van der Waals surface area contributed by atoms with Crippen LogP contribution in [-0.2, 0) is 51.9 Å². The van der Waals surface area contributed by atoms with Gasteiger partial charge in [0.1, 0.15) is 23.1 Å². The molecule has 0 radical (unpaired) electrons. The van der Waals surface area contributed by atoms with E-state index in [1.54, 1.807) is 19.6 Å². The van der Waals surface area contributed by atoms with Gasteiger partial charge < -0.3 is 29.2 Å². The van der Waals surface area contributed by atoms with Gasteiger partial charge in [-0.05, 0) is 203 Å². The van der Waals surface area contributed by atoms with Crippen molar-refractivity contribution in [2.24, 2.45) is 20.0 Å². The van der Waals surface area contributed by atoms with E-state index in [-0.39, 0.29) is 41.8 Å². The van der Waals surface area contributed by atoms with Gasteiger partial charge in [0, 0.05) is 75.8 Å². The van der Waals surface area contributed by atoms with Crippen LogP contribution in [-0.4, -0.2) is 208 Å². The van der Waals surface area contributed by atoms with E-state index in [9.17, 15) is 19.2 Å². The number of halogens is 3. The fourth-order valence-corrected chi connectivity index (χ4v) is 21.5. The van der Waals surface area contributed by atoms with Gasteiger partial charge in [-0.1, -0.05) is 165 Å². The second kappa shape index (κ2) is 37.4. The van der Waals surface area contributed by atoms with Gasteiger partial charge in [-0.2, -0.15) is 9.97 Å². The molecule has 31 heteroatoms. The number of aliphatic imine (C=N–C) groups is 4. The summed E-state index contributed by atoms with van der Waals surface area (Å²) >= 11 is 16.6. The van der Waals surface area contributed by atoms with Crippen LogP contribution in [0.3, 0.4) is 0 Å². The third-order valence-electron chi connectivity index (χ3n) is 27.3. The minimum atomic E-state index is -0.0518. The predicted molar refractivity (Wildman–Crippen MR) is 520 cm³/mol. The first-order valence-corrected chi connectivity index (χ1v) is 48.5. The van der Waals surface area contributed by atoms with Crippen LogP contribution in [0, 0.1) is 34.6 Å². The highest BCUT2D eigenvalue weighted by Gasteiger charge is 2.48. The molecule has 2 aliphatic carbocycles. The lowest BCUT2D eigenvalue weighted by Gasteiger charge is -2.33. The van der Waals surface area contributed by atoms with Gasteiger partial charge in [-0.25, -0.2) is 24.9 Å². The van der Waals surface area contributed by atoms with Gasteiger partial charge >= 0.3 is 0 Å². The number of ether oxygens (including phenoxy) is 2. The fraction of sp³-hybridized carbons (Fsp3) is 0.440. The Morgan fingerprint density at radius 1 is 0.412 bits per heavy atom. The number of amides is 4. The average molecular weight is 1870 g/mol. The topological polar surface area (TPSA) is 257 Å². The first kappa shape index (κ1) is 88.5. The van der Waals surface area contributed by atoms with Gasteiger partial charge in [0.25, 0.3) is 23.6 Å². The number of imidazole rings is 4. The molecule has 3 atom stereocenters. The number of nitrogens with zero attached hydrogens (tertiary/aromatic N) is 20. The molecule has 22 rings (SSSR count). The smallest absolute Gasteiger partial charge is 0.281 e. The number of guanidine groups is 4. The third-order valence-corrected chi connectivity index (χ3v) is 28.6. The van der Waals surface area contributed by atoms with Crippen LogP contribution in [0.1, 0.15) is 214 Å². The molecule has 12 aliphatic rings. The maximum absolute atomic E-state index is 13.7. The number of benzene rings is 6. The summed E-state index contributed by atoms with van der Waals surface area (Å²) in [6.07, 6.45) is 15.2. The maximum atomic E-state index is 13.7. The number of rotatable bonds is 21. The molecule has 6 aromatic carbocycles. The summed E-state index contributed by atoms with van der Waals surface area (Å²) in [5, 5.41) is 8.72. The van der Waals surface area contributed by atoms with Crippen LogP contribution in [0.4, 0.5) is 35.2 Å². The largest absolute Gasteiger partial charge is 0.492 e. The van der Waals surface area contributed by atoms with E-state index in [0.29, 0.717) is 130 Å². The molecule has 0 bridgehead atoms. The molecule has 2 fully saturated rings. The van der Waals surface area contributed by atoms with Gasteiger partial charge in [0.2, 0.25) is 35.7 Å². The second-order valence-corrected chi connectivity index (χ2v) is 37.7. The van der Waals surface area contributed by atoms with E-state index in [1.165, 1.54) is 65.5 Å². The monoisotopic (exact) mass is 1870 g/mol. The highest BCUT2D eigenvalue weighted by atomic mass is 79.9. The maximum Gasteiger partial charge on any atom is 0.281 e. The van der Waals surface area contributed by atoms with Crippen molar-refractivity contribution < 1.29 is 28.7 Å². The Morgan fingerprint density at radius 3 is 1.31 bits per heavy atom. The Balaban J connectivity index is 0.000000113. The van der Waals surface area contributed by atoms with Crippen LogP contribution in [0.5, 0.6) is 11.5 Å². The summed E-state index contributed by atoms with van der Waals surface area (Å²) in [5.41, 5.74) is 15.4. The Kier molecular flexibility index (Phi) is 25.3. The molecule has 131 heavy (non-hydrogen) atoms. The van der Waals surface area contributed by atoms with Crippen LogP contribution >= 0.6 is 39.1 Å². The van der Waals surface area contributed by atoms with Crippen molar-refractivity contribution in [2.75, 3.05) is 102 Å². The number of carbonyl (C=O) groups excluding carboxylic acids is 4. The van der Waals surface area contributed by atoms with Crippen molar-refractivity contribution in [1.29, 1.82) is 0 Å². The molecular weight excluding hydrogens is 1760 g/mol. The first-order valence-electron chi connectivity index (χ1n) is 46.9. The summed E-state index contributed by atoms with van der Waals surface area (Å²) in [6.45, 7) is 29.9. The summed E-state index contributed by atoms with van der Waals surface area (Å²) in [5.74, 6) is 10.7. The van der Waals surface area contributed by atoms with Crippen molar-refractivity contribution in [3.8, 4) is 11.5 Å². The molecule has 0 spiro atoms. The Morgan fingerprint density at radius 2 is 0.824 bits per heavy atom. The molecule has 0 saturated heterocycles. The molecule has 0 unspecified atom stereocenters. The SMILES string of the molecule is CCN1C(=O)c2c(nc(C)n2Cc2cc(Br)c3c(c2)CCO3)N2C[C@@H](Cc3ccccc3)N=C12.CCN1C(=O)c2c(nc(C)n2Cc2cc(Cl)c3c(c2)CCO3)N2C[C@@H](Cc3ccccc3)N=C12.CCN1C(=O)c2c(nc(NC3CCCC3)n2Cc2ccc(C)c(C)c2)N2CCN=C12.CC[C@@H]1CN2C(=N1)N(CC)C(=O)c1c2nc(NC2CCCCC2)n1Cc1ccc(C)c(Cl)c1. The van der Waals surface area contributed by atoms with E-state index in [4.69, 9.17) is 67.6 Å². The van der Waals surface area contributed by atoms with Crippen LogP contribution in [0.25, 0.3) is 0 Å². The molecular formula is C100H115BrCl2N22O6. The number of carbonyl (C=O) groups is 4. The molecule has 14 heterocycles. The van der Waals surface area contributed by atoms with Gasteiger partial charge in [0.15, 0.2) is 46.0 Å². The normalized spacial score (nSPS) is 19.1. The molecule has 10 aromatic rings. The van der Waals surface area contributed by atoms with Crippen LogP contribution in [0.15, 0.2) is 146 Å². The van der Waals surface area contributed by atoms with E-state index < -0.39 is 0 Å². The average Bonchev–Trinajstić information content (AvgIpc) is 1.61. The van der Waals surface area contributed by atoms with E-state index in [2.05, 4.69) is 160 Å². The Labute approximate surface area is 784 Å². The summed E-state index contributed by atoms with van der Waals surface area (Å²) < 4.78 is 20.6. The van der Waals surface area contributed by atoms with E-state index >= 15 is 0 Å². The van der Waals surface area contributed by atoms with Crippen LogP contribution < -0.4 is 39.7 Å². The van der Waals surface area contributed by atoms with Crippen molar-refractivity contribution in [3.05, 3.63) is 231 Å². The molecule has 682 valence electrons. The van der Waals surface area contributed by atoms with Crippen molar-refractivity contribution >= 4 is 122 Å². The predicted octanol–water partition coefficient (Wildman–Crippen LogP) is 16.9. The summed E-state index contributed by atoms with van der Waals surface area (Å²) in [4.78, 5) is 109. The minimum absolute atomic E-state index is 0.000190. The minimum Gasteiger partial charge on any atom is -0.492 e. The highest BCUT2D eigenvalue weighted by Crippen LogP contribution is 2.43. The van der Waals surface area contributed by atoms with Crippen LogP contribution in [0.2, 0.25) is 10.0 Å². The lowest BCUT2D eigenvalue weighted by Crippen LogP contribution is -2.50. The highest BCUT2D eigenvalue weighted by molar-refractivity contribution is 9.10. The number of nitrogens with one attached hydrogen (secondary N) is 2. The summed E-state index contributed by atoms with van der Waals surface area (Å²) in [7, 11) is 0. The quantitative estimate of drug-likeness (QED) is 0.0678. The number of hydrogen-bond acceptors (Lipinski definition) is 20. The Hall–Kier alpha value is -11.8.